The highest BCUT2D eigenvalue weighted by atomic mass is 17.1. The van der Waals surface area contributed by atoms with Gasteiger partial charge in [-0.2, -0.15) is 0 Å². The van der Waals surface area contributed by atoms with Crippen LogP contribution in [0.5, 0.6) is 0 Å². The van der Waals surface area contributed by atoms with Crippen LogP contribution in [0.4, 0.5) is 0 Å². The van der Waals surface area contributed by atoms with Crippen LogP contribution < -0.4 is 0 Å². The van der Waals surface area contributed by atoms with E-state index in [2.05, 4.69) is 14.5 Å². The molecule has 0 rings (SSSR count). The van der Waals surface area contributed by atoms with Crippen molar-refractivity contribution >= 4 is 0 Å². The van der Waals surface area contributed by atoms with Gasteiger partial charge < -0.3 is 15.3 Å². The standard InChI is InChI=1S/C3H5N3O12/c7-1-2(8,16-4(10)11)3(9,17-5(12)13)18-6(14)15/h7-9H,1H2. The molecule has 0 aliphatic carbocycles. The zero-order chi connectivity index (χ0) is 14.6. The van der Waals surface area contributed by atoms with Crippen LogP contribution in [0.15, 0.2) is 0 Å². The topological polar surface area (TPSA) is 218 Å². The number of hydrogen-bond donors (Lipinski definition) is 3. The Morgan fingerprint density at radius 2 is 1.22 bits per heavy atom. The van der Waals surface area contributed by atoms with Gasteiger partial charge in [-0.15, -0.1) is 30.3 Å². The van der Waals surface area contributed by atoms with Gasteiger partial charge >= 0.3 is 11.8 Å². The average Bonchev–Trinajstić information content (AvgIpc) is 2.13. The number of aliphatic hydroxyl groups excluding tert-OH is 1. The summed E-state index contributed by atoms with van der Waals surface area (Å²) >= 11 is 0. The van der Waals surface area contributed by atoms with E-state index in [0.717, 1.165) is 0 Å². The molecule has 0 aliphatic rings. The summed E-state index contributed by atoms with van der Waals surface area (Å²) in [4.78, 5) is 39.5. The van der Waals surface area contributed by atoms with Gasteiger partial charge in [-0.1, -0.05) is 0 Å². The molecule has 1 atom stereocenters. The van der Waals surface area contributed by atoms with E-state index in [1.165, 1.54) is 0 Å². The Bertz CT molecular complexity index is 338. The first-order chi connectivity index (χ1) is 8.06. The van der Waals surface area contributed by atoms with Gasteiger partial charge in [-0.3, -0.25) is 4.84 Å². The van der Waals surface area contributed by atoms with Crippen molar-refractivity contribution in [3.05, 3.63) is 30.3 Å². The summed E-state index contributed by atoms with van der Waals surface area (Å²) in [5.41, 5.74) is 0. The minimum absolute atomic E-state index is 1.81. The molecule has 3 N–H and O–H groups in total. The highest BCUT2D eigenvalue weighted by molar-refractivity contribution is 4.74. The molecule has 0 aromatic carbocycles. The fraction of sp³-hybridized carbons (Fsp3) is 1.00. The second-order valence-electron chi connectivity index (χ2n) is 2.47. The summed E-state index contributed by atoms with van der Waals surface area (Å²) in [6.07, 6.45) is 0. The van der Waals surface area contributed by atoms with Crippen LogP contribution in [0, 0.1) is 30.3 Å². The molecule has 0 radical (unpaired) electrons. The SMILES string of the molecule is O=[N+]([O-])OC(O)(CO)C(O)(O[N+](=O)[O-])O[N+](=O)[O-]. The highest BCUT2D eigenvalue weighted by Gasteiger charge is 2.61. The van der Waals surface area contributed by atoms with E-state index in [-0.39, 0.29) is 0 Å². The van der Waals surface area contributed by atoms with E-state index in [0.29, 0.717) is 0 Å². The van der Waals surface area contributed by atoms with Crippen molar-refractivity contribution in [2.45, 2.75) is 11.8 Å². The highest BCUT2D eigenvalue weighted by Crippen LogP contribution is 2.27. The van der Waals surface area contributed by atoms with Gasteiger partial charge in [-0.25, -0.2) is 9.68 Å². The van der Waals surface area contributed by atoms with Gasteiger partial charge in [0.1, 0.15) is 6.61 Å². The second-order valence-corrected chi connectivity index (χ2v) is 2.47. The van der Waals surface area contributed by atoms with Crippen molar-refractivity contribution in [3.63, 3.8) is 0 Å². The summed E-state index contributed by atoms with van der Waals surface area (Å²) in [6, 6.07) is 0. The maximum absolute atomic E-state index is 9.95. The van der Waals surface area contributed by atoms with Crippen molar-refractivity contribution in [3.8, 4) is 0 Å². The molecule has 0 saturated heterocycles. The first-order valence-corrected chi connectivity index (χ1v) is 3.62. The Balaban J connectivity index is 5.41. The summed E-state index contributed by atoms with van der Waals surface area (Å²) in [5.74, 6) is -8.21. The van der Waals surface area contributed by atoms with Crippen molar-refractivity contribution in [2.24, 2.45) is 0 Å². The molecule has 15 nitrogen and oxygen atoms in total. The van der Waals surface area contributed by atoms with Gasteiger partial charge in [-0.05, 0) is 0 Å². The molecule has 18 heavy (non-hydrogen) atoms. The normalized spacial score (nSPS) is 14.2. The van der Waals surface area contributed by atoms with Gasteiger partial charge in [0.05, 0.1) is 0 Å². The Morgan fingerprint density at radius 1 is 0.889 bits per heavy atom. The lowest BCUT2D eigenvalue weighted by molar-refractivity contribution is -0.926. The summed E-state index contributed by atoms with van der Waals surface area (Å²) in [5, 5.41) is 51.2. The predicted molar refractivity (Wildman–Crippen MR) is 41.2 cm³/mol. The third-order valence-electron chi connectivity index (χ3n) is 1.33. The van der Waals surface area contributed by atoms with Crippen LogP contribution in [-0.4, -0.2) is 48.9 Å². The molecule has 0 aromatic heterocycles. The molecule has 15 heteroatoms. The Morgan fingerprint density at radius 3 is 1.44 bits per heavy atom. The summed E-state index contributed by atoms with van der Waals surface area (Å²) < 4.78 is 0. The van der Waals surface area contributed by atoms with Crippen LogP contribution >= 0.6 is 0 Å². The van der Waals surface area contributed by atoms with Crippen LogP contribution in [-0.2, 0) is 14.5 Å². The predicted octanol–water partition coefficient (Wildman–Crippen LogP) is -3.06. The molecule has 0 aromatic rings. The number of rotatable bonds is 8. The molecule has 0 bridgehead atoms. The van der Waals surface area contributed by atoms with E-state index in [9.17, 15) is 35.4 Å². The molecule has 104 valence electrons. The number of aliphatic hydroxyl groups is 3. The molecule has 0 heterocycles. The summed E-state index contributed by atoms with van der Waals surface area (Å²) in [6.45, 7) is -1.91. The molecule has 1 unspecified atom stereocenters. The van der Waals surface area contributed by atoms with E-state index in [1.807, 2.05) is 0 Å². The van der Waals surface area contributed by atoms with Gasteiger partial charge in [0.2, 0.25) is 0 Å². The van der Waals surface area contributed by atoms with Gasteiger partial charge in [0.15, 0.2) is 0 Å². The Kier molecular flexibility index (Phi) is 4.48. The largest absolute Gasteiger partial charge is 0.420 e. The molecule has 0 amide bonds. The fourth-order valence-electron chi connectivity index (χ4n) is 0.671. The minimum atomic E-state index is -4.28. The number of nitrogens with zero attached hydrogens (tertiary/aromatic N) is 3. The van der Waals surface area contributed by atoms with Crippen molar-refractivity contribution < 1.29 is 45.1 Å². The third kappa shape index (κ3) is 3.50. The first kappa shape index (κ1) is 15.5. The smallest absolute Gasteiger partial charge is 0.391 e. The fourth-order valence-corrected chi connectivity index (χ4v) is 0.671. The van der Waals surface area contributed by atoms with E-state index < -0.39 is 33.6 Å². The monoisotopic (exact) mass is 275 g/mol. The maximum atomic E-state index is 9.95. The quantitative estimate of drug-likeness (QED) is 0.228. The van der Waals surface area contributed by atoms with Crippen molar-refractivity contribution in [2.75, 3.05) is 6.61 Å². The summed E-state index contributed by atoms with van der Waals surface area (Å²) in [7, 11) is 0. The van der Waals surface area contributed by atoms with Crippen LogP contribution in [0.25, 0.3) is 0 Å². The van der Waals surface area contributed by atoms with Crippen LogP contribution in [0.1, 0.15) is 0 Å². The molecular weight excluding hydrogens is 270 g/mol. The van der Waals surface area contributed by atoms with E-state index >= 15 is 0 Å². The van der Waals surface area contributed by atoms with Gasteiger partial charge in [0, 0.05) is 0 Å². The lowest BCUT2D eigenvalue weighted by Crippen LogP contribution is -2.63. The first-order valence-electron chi connectivity index (χ1n) is 3.62. The minimum Gasteiger partial charge on any atom is -0.391 e. The Labute approximate surface area is 95.0 Å². The zero-order valence-corrected chi connectivity index (χ0v) is 8.06. The van der Waals surface area contributed by atoms with Crippen LogP contribution in [0.3, 0.4) is 0 Å². The lowest BCUT2D eigenvalue weighted by atomic mass is 10.2. The molecule has 0 spiro atoms. The van der Waals surface area contributed by atoms with Crippen molar-refractivity contribution in [1.29, 1.82) is 0 Å². The number of hydrogen-bond acceptors (Lipinski definition) is 12. The molecule has 0 fully saturated rings. The van der Waals surface area contributed by atoms with Crippen LogP contribution in [0.2, 0.25) is 0 Å². The average molecular weight is 275 g/mol. The Hall–Kier alpha value is -2.52. The van der Waals surface area contributed by atoms with Gasteiger partial charge in [0.25, 0.3) is 15.3 Å². The second kappa shape index (κ2) is 5.21. The van der Waals surface area contributed by atoms with E-state index in [1.54, 1.807) is 0 Å². The zero-order valence-electron chi connectivity index (χ0n) is 8.06. The molecule has 0 aliphatic heterocycles. The molecular formula is C3H5N3O12. The van der Waals surface area contributed by atoms with Crippen molar-refractivity contribution in [1.82, 2.24) is 0 Å². The maximum Gasteiger partial charge on any atom is 0.420 e. The lowest BCUT2D eigenvalue weighted by Gasteiger charge is -2.34. The van der Waals surface area contributed by atoms with E-state index in [4.69, 9.17) is 10.2 Å². The molecule has 0 saturated carbocycles. The third-order valence-corrected chi connectivity index (χ3v) is 1.33.